The van der Waals surface area contributed by atoms with E-state index < -0.39 is 28.2 Å². The molecule has 1 atom stereocenters. The summed E-state index contributed by atoms with van der Waals surface area (Å²) in [4.78, 5) is 12.0. The van der Waals surface area contributed by atoms with Gasteiger partial charge in [-0.3, -0.25) is 0 Å². The van der Waals surface area contributed by atoms with E-state index in [1.54, 1.807) is 4.57 Å². The molecule has 0 saturated carbocycles. The molecule has 14 heteroatoms. The molecule has 2 aromatic heterocycles. The second-order valence-electron chi connectivity index (χ2n) is 6.97. The lowest BCUT2D eigenvalue weighted by Crippen LogP contribution is -2.38. The van der Waals surface area contributed by atoms with E-state index in [1.807, 2.05) is 0 Å². The maximum absolute atomic E-state index is 13.1. The molecular formula is C17H18F3N7O3S. The van der Waals surface area contributed by atoms with Crippen molar-refractivity contribution in [1.82, 2.24) is 23.8 Å². The molecule has 3 aromatic rings. The van der Waals surface area contributed by atoms with Crippen molar-refractivity contribution in [3.05, 3.63) is 30.6 Å². The third-order valence-electron chi connectivity index (χ3n) is 4.90. The molecule has 10 nitrogen and oxygen atoms in total. The summed E-state index contributed by atoms with van der Waals surface area (Å²) in [7, 11) is -3.94. The third kappa shape index (κ3) is 4.20. The molecule has 31 heavy (non-hydrogen) atoms. The first-order chi connectivity index (χ1) is 14.5. The predicted molar refractivity (Wildman–Crippen MR) is 104 cm³/mol. The average Bonchev–Trinajstić information content (AvgIpc) is 3.29. The number of imidazole rings is 1. The number of nitrogen functional groups attached to an aromatic ring is 2. The normalized spacial score (nSPS) is 18.0. The molecule has 4 N–H and O–H groups in total. The van der Waals surface area contributed by atoms with Gasteiger partial charge in [0.2, 0.25) is 16.0 Å². The summed E-state index contributed by atoms with van der Waals surface area (Å²) in [5, 5.41) is 0. The minimum atomic E-state index is -4.86. The molecule has 0 bridgehead atoms. The Hall–Kier alpha value is -3.13. The van der Waals surface area contributed by atoms with Crippen molar-refractivity contribution in [3.63, 3.8) is 0 Å². The van der Waals surface area contributed by atoms with Crippen LogP contribution in [0.25, 0.3) is 11.2 Å². The molecule has 1 fully saturated rings. The van der Waals surface area contributed by atoms with Gasteiger partial charge in [0.15, 0.2) is 11.5 Å². The predicted octanol–water partition coefficient (Wildman–Crippen LogP) is 1.74. The number of sulfonamides is 1. The molecule has 4 rings (SSSR count). The quantitative estimate of drug-likeness (QED) is 0.590. The molecule has 0 unspecified atom stereocenters. The van der Waals surface area contributed by atoms with Crippen molar-refractivity contribution in [1.29, 1.82) is 0 Å². The van der Waals surface area contributed by atoms with Gasteiger partial charge in [0.25, 0.3) is 0 Å². The fourth-order valence-electron chi connectivity index (χ4n) is 3.60. The highest BCUT2D eigenvalue weighted by Gasteiger charge is 2.36. The van der Waals surface area contributed by atoms with Crippen molar-refractivity contribution >= 4 is 33.0 Å². The fourth-order valence-corrected chi connectivity index (χ4v) is 5.29. The molecule has 0 amide bonds. The zero-order valence-electron chi connectivity index (χ0n) is 16.0. The number of hydrogen-bond acceptors (Lipinski definition) is 8. The highest BCUT2D eigenvalue weighted by atomic mass is 32.2. The highest BCUT2D eigenvalue weighted by Crippen LogP contribution is 2.30. The van der Waals surface area contributed by atoms with E-state index in [-0.39, 0.29) is 29.8 Å². The number of ether oxygens (including phenoxy) is 1. The van der Waals surface area contributed by atoms with Crippen molar-refractivity contribution < 1.29 is 26.3 Å². The maximum Gasteiger partial charge on any atom is 0.573 e. The first-order valence-electron chi connectivity index (χ1n) is 9.16. The van der Waals surface area contributed by atoms with E-state index in [1.165, 1.54) is 10.6 Å². The molecule has 1 aliphatic rings. The van der Waals surface area contributed by atoms with E-state index in [2.05, 4.69) is 19.7 Å². The number of rotatable bonds is 5. The molecule has 1 aliphatic heterocycles. The molecule has 166 valence electrons. The van der Waals surface area contributed by atoms with E-state index in [0.717, 1.165) is 24.3 Å². The molecular weight excluding hydrogens is 439 g/mol. The van der Waals surface area contributed by atoms with Gasteiger partial charge >= 0.3 is 6.36 Å². The Morgan fingerprint density at radius 1 is 1.16 bits per heavy atom. The van der Waals surface area contributed by atoms with Crippen LogP contribution in [0.1, 0.15) is 12.8 Å². The third-order valence-corrected chi connectivity index (χ3v) is 6.87. The van der Waals surface area contributed by atoms with Gasteiger partial charge in [-0.1, -0.05) is 0 Å². The summed E-state index contributed by atoms with van der Waals surface area (Å²) in [6, 6.07) is 3.71. The summed E-state index contributed by atoms with van der Waals surface area (Å²) in [5.74, 6) is -0.397. The smallest absolute Gasteiger partial charge is 0.406 e. The minimum absolute atomic E-state index is 0.0242. The first-order valence-corrected chi connectivity index (χ1v) is 10.6. The molecule has 0 radical (unpaired) electrons. The van der Waals surface area contributed by atoms with Crippen LogP contribution in [0.4, 0.5) is 24.9 Å². The van der Waals surface area contributed by atoms with Crippen LogP contribution < -0.4 is 16.2 Å². The van der Waals surface area contributed by atoms with Crippen LogP contribution >= 0.6 is 0 Å². The fraction of sp³-hybridized carbons (Fsp3) is 0.353. The second-order valence-corrected chi connectivity index (χ2v) is 8.86. The van der Waals surface area contributed by atoms with Gasteiger partial charge in [-0.05, 0) is 37.1 Å². The van der Waals surface area contributed by atoms with Gasteiger partial charge in [-0.15, -0.1) is 13.2 Å². The van der Waals surface area contributed by atoms with Crippen LogP contribution in [0.3, 0.4) is 0 Å². The van der Waals surface area contributed by atoms with Crippen LogP contribution in [0.15, 0.2) is 35.5 Å². The Bertz CT molecular complexity index is 1210. The SMILES string of the molecule is Nc1nc(N)c2ncn(C[C@@H]3CCCN3S(=O)(=O)c3ccc(OC(F)(F)F)cc3)c2n1. The van der Waals surface area contributed by atoms with Crippen molar-refractivity contribution in [3.8, 4) is 5.75 Å². The molecule has 1 aromatic carbocycles. The molecule has 3 heterocycles. The summed E-state index contributed by atoms with van der Waals surface area (Å²) in [6.45, 7) is 0.528. The number of aromatic nitrogens is 4. The number of fused-ring (bicyclic) bond motifs is 1. The molecule has 0 spiro atoms. The number of anilines is 2. The number of alkyl halides is 3. The Kier molecular flexibility index (Phi) is 5.13. The highest BCUT2D eigenvalue weighted by molar-refractivity contribution is 7.89. The standard InChI is InChI=1S/C17H18F3N7O3S/c18-17(19,20)30-11-3-5-12(6-4-11)31(28,29)27-7-1-2-10(27)8-26-9-23-13-14(21)24-16(22)25-15(13)26/h3-6,9-10H,1-2,7-8H2,(H4,21,22,24,25)/t10-/m0/s1. The van der Waals surface area contributed by atoms with E-state index in [4.69, 9.17) is 11.5 Å². The Labute approximate surface area is 174 Å². The monoisotopic (exact) mass is 457 g/mol. The summed E-state index contributed by atoms with van der Waals surface area (Å²) in [5.41, 5.74) is 12.2. The largest absolute Gasteiger partial charge is 0.573 e. The van der Waals surface area contributed by atoms with Gasteiger partial charge in [-0.25, -0.2) is 13.4 Å². The van der Waals surface area contributed by atoms with Gasteiger partial charge in [0, 0.05) is 19.1 Å². The zero-order chi connectivity index (χ0) is 22.4. The number of benzene rings is 1. The van der Waals surface area contributed by atoms with E-state index >= 15 is 0 Å². The lowest BCUT2D eigenvalue weighted by Gasteiger charge is -2.24. The number of nitrogens with two attached hydrogens (primary N) is 2. The number of halogens is 3. The lowest BCUT2D eigenvalue weighted by molar-refractivity contribution is -0.274. The average molecular weight is 457 g/mol. The van der Waals surface area contributed by atoms with Gasteiger partial charge in [0.05, 0.1) is 11.2 Å². The maximum atomic E-state index is 13.1. The molecule has 0 aliphatic carbocycles. The van der Waals surface area contributed by atoms with Gasteiger partial charge in [-0.2, -0.15) is 14.3 Å². The van der Waals surface area contributed by atoms with Crippen LogP contribution in [-0.4, -0.2) is 51.2 Å². The summed E-state index contributed by atoms with van der Waals surface area (Å²) < 4.78 is 70.0. The Morgan fingerprint density at radius 3 is 2.55 bits per heavy atom. The van der Waals surface area contributed by atoms with E-state index in [9.17, 15) is 21.6 Å². The lowest BCUT2D eigenvalue weighted by atomic mass is 10.2. The van der Waals surface area contributed by atoms with Crippen LogP contribution in [0, 0.1) is 0 Å². The van der Waals surface area contributed by atoms with Gasteiger partial charge < -0.3 is 20.8 Å². The Balaban J connectivity index is 1.58. The van der Waals surface area contributed by atoms with Crippen molar-refractivity contribution in [2.45, 2.75) is 36.7 Å². The van der Waals surface area contributed by atoms with Crippen LogP contribution in [-0.2, 0) is 16.6 Å². The number of hydrogen-bond donors (Lipinski definition) is 2. The Morgan fingerprint density at radius 2 is 1.87 bits per heavy atom. The van der Waals surface area contributed by atoms with Crippen LogP contribution in [0.2, 0.25) is 0 Å². The minimum Gasteiger partial charge on any atom is -0.406 e. The van der Waals surface area contributed by atoms with Crippen LogP contribution in [0.5, 0.6) is 5.75 Å². The summed E-state index contributed by atoms with van der Waals surface area (Å²) in [6.07, 6.45) is -2.15. The topological polar surface area (TPSA) is 142 Å². The number of nitrogens with zero attached hydrogens (tertiary/aromatic N) is 5. The molecule has 1 saturated heterocycles. The van der Waals surface area contributed by atoms with E-state index in [0.29, 0.717) is 24.0 Å². The van der Waals surface area contributed by atoms with Crippen molar-refractivity contribution in [2.75, 3.05) is 18.0 Å². The first kappa shape index (κ1) is 21.1. The zero-order valence-corrected chi connectivity index (χ0v) is 16.8. The summed E-state index contributed by atoms with van der Waals surface area (Å²) >= 11 is 0. The van der Waals surface area contributed by atoms with Crippen molar-refractivity contribution in [2.24, 2.45) is 0 Å². The second kappa shape index (κ2) is 7.53. The van der Waals surface area contributed by atoms with Gasteiger partial charge in [0.1, 0.15) is 11.3 Å².